The van der Waals surface area contributed by atoms with Gasteiger partial charge in [-0.3, -0.25) is 4.57 Å². The molecule has 0 radical (unpaired) electrons. The largest absolute Gasteiger partial charge is 0.270 e. The average Bonchev–Trinajstić information content (AvgIpc) is 3.21. The molecule has 5 heteroatoms. The van der Waals surface area contributed by atoms with Crippen molar-refractivity contribution < 1.29 is 0 Å². The van der Waals surface area contributed by atoms with Gasteiger partial charge < -0.3 is 0 Å². The highest BCUT2D eigenvalue weighted by molar-refractivity contribution is 9.10. The molecule has 1 aliphatic rings. The second-order valence-corrected chi connectivity index (χ2v) is 6.37. The van der Waals surface area contributed by atoms with Crippen LogP contribution in [0.25, 0.3) is 16.5 Å². The van der Waals surface area contributed by atoms with E-state index in [0.29, 0.717) is 11.2 Å². The molecule has 3 aromatic rings. The lowest BCUT2D eigenvalue weighted by Gasteiger charge is -2.08. The second kappa shape index (κ2) is 4.57. The van der Waals surface area contributed by atoms with Gasteiger partial charge in [0, 0.05) is 10.4 Å². The van der Waals surface area contributed by atoms with Crippen LogP contribution in [0.4, 0.5) is 0 Å². The quantitative estimate of drug-likeness (QED) is 0.671. The molecule has 1 fully saturated rings. The van der Waals surface area contributed by atoms with E-state index < -0.39 is 0 Å². The molecule has 1 heterocycles. The van der Waals surface area contributed by atoms with E-state index in [1.165, 1.54) is 23.6 Å². The van der Waals surface area contributed by atoms with Gasteiger partial charge in [0.2, 0.25) is 5.28 Å². The van der Waals surface area contributed by atoms with E-state index in [1.807, 2.05) is 10.6 Å². The van der Waals surface area contributed by atoms with Crippen LogP contribution in [0.15, 0.2) is 40.9 Å². The summed E-state index contributed by atoms with van der Waals surface area (Å²) in [7, 11) is 0. The Hall–Kier alpha value is -1.39. The smallest absolute Gasteiger partial charge is 0.229 e. The molecule has 0 atom stereocenters. The highest BCUT2D eigenvalue weighted by Crippen LogP contribution is 2.40. The van der Waals surface area contributed by atoms with Gasteiger partial charge in [-0.15, -0.1) is 10.2 Å². The number of hydrogen-bond acceptors (Lipinski definition) is 2. The Morgan fingerprint density at radius 3 is 2.60 bits per heavy atom. The first-order chi connectivity index (χ1) is 9.72. The summed E-state index contributed by atoms with van der Waals surface area (Å²) in [5.74, 6) is 1.49. The predicted octanol–water partition coefficient (Wildman–Crippen LogP) is 4.71. The first-order valence-electron chi connectivity index (χ1n) is 6.53. The lowest BCUT2D eigenvalue weighted by Crippen LogP contribution is -2.00. The van der Waals surface area contributed by atoms with Crippen molar-refractivity contribution in [2.75, 3.05) is 0 Å². The third-order valence-electron chi connectivity index (χ3n) is 3.64. The summed E-state index contributed by atoms with van der Waals surface area (Å²) in [6.45, 7) is 0. The first kappa shape index (κ1) is 12.4. The zero-order valence-corrected chi connectivity index (χ0v) is 12.9. The lowest BCUT2D eigenvalue weighted by molar-refractivity contribution is 0.872. The summed E-state index contributed by atoms with van der Waals surface area (Å²) >= 11 is 9.70. The van der Waals surface area contributed by atoms with Crippen LogP contribution in [0.2, 0.25) is 5.28 Å². The minimum absolute atomic E-state index is 0.434. The Balaban J connectivity index is 1.90. The highest BCUT2D eigenvalue weighted by Gasteiger charge is 2.30. The minimum atomic E-state index is 0.434. The number of hydrogen-bond donors (Lipinski definition) is 0. The monoisotopic (exact) mass is 347 g/mol. The molecule has 0 bridgehead atoms. The number of halogens is 2. The fraction of sp³-hybridized carbons (Fsp3) is 0.200. The molecule has 0 saturated heterocycles. The van der Waals surface area contributed by atoms with Gasteiger partial charge in [-0.1, -0.05) is 28.1 Å². The zero-order valence-electron chi connectivity index (χ0n) is 10.6. The minimum Gasteiger partial charge on any atom is -0.270 e. The number of rotatable bonds is 2. The van der Waals surface area contributed by atoms with Gasteiger partial charge in [-0.05, 0) is 59.5 Å². The van der Waals surface area contributed by atoms with Crippen molar-refractivity contribution in [2.45, 2.75) is 18.8 Å². The molecular formula is C15H11BrClN3. The third kappa shape index (κ3) is 2.03. The van der Waals surface area contributed by atoms with E-state index in [9.17, 15) is 0 Å². The van der Waals surface area contributed by atoms with Crippen LogP contribution in [-0.4, -0.2) is 14.8 Å². The molecule has 0 unspecified atom stereocenters. The van der Waals surface area contributed by atoms with E-state index in [1.54, 1.807) is 0 Å². The Kier molecular flexibility index (Phi) is 2.82. The number of benzene rings is 2. The Bertz CT molecular complexity index is 808. The Morgan fingerprint density at radius 1 is 1.05 bits per heavy atom. The van der Waals surface area contributed by atoms with Gasteiger partial charge in [-0.2, -0.15) is 0 Å². The van der Waals surface area contributed by atoms with Gasteiger partial charge in [-0.25, -0.2) is 0 Å². The van der Waals surface area contributed by atoms with Crippen molar-refractivity contribution in [1.29, 1.82) is 0 Å². The van der Waals surface area contributed by atoms with Crippen molar-refractivity contribution >= 4 is 38.3 Å². The van der Waals surface area contributed by atoms with E-state index in [2.05, 4.69) is 56.5 Å². The summed E-state index contributed by atoms with van der Waals surface area (Å²) in [5.41, 5.74) is 1.02. The molecule has 0 amide bonds. The fourth-order valence-electron chi connectivity index (χ4n) is 2.46. The van der Waals surface area contributed by atoms with Crippen LogP contribution in [0.1, 0.15) is 24.6 Å². The van der Waals surface area contributed by atoms with Gasteiger partial charge >= 0.3 is 0 Å². The second-order valence-electron chi connectivity index (χ2n) is 5.11. The summed E-state index contributed by atoms with van der Waals surface area (Å²) in [6, 6.07) is 12.5. The first-order valence-corrected chi connectivity index (χ1v) is 7.70. The van der Waals surface area contributed by atoms with Gasteiger partial charge in [0.1, 0.15) is 5.82 Å². The van der Waals surface area contributed by atoms with E-state index in [0.717, 1.165) is 16.0 Å². The predicted molar refractivity (Wildman–Crippen MR) is 83.6 cm³/mol. The van der Waals surface area contributed by atoms with Crippen LogP contribution in [0, 0.1) is 0 Å². The van der Waals surface area contributed by atoms with Crippen molar-refractivity contribution in [3.8, 4) is 5.69 Å². The van der Waals surface area contributed by atoms with Gasteiger partial charge in [0.15, 0.2) is 0 Å². The summed E-state index contributed by atoms with van der Waals surface area (Å²) < 4.78 is 3.04. The summed E-state index contributed by atoms with van der Waals surface area (Å²) in [5, 5.41) is 11.0. The van der Waals surface area contributed by atoms with E-state index in [4.69, 9.17) is 11.6 Å². The summed E-state index contributed by atoms with van der Waals surface area (Å²) in [6.07, 6.45) is 2.35. The van der Waals surface area contributed by atoms with Crippen molar-refractivity contribution in [1.82, 2.24) is 14.8 Å². The maximum absolute atomic E-state index is 6.21. The molecule has 3 nitrogen and oxygen atoms in total. The normalized spacial score (nSPS) is 14.9. The van der Waals surface area contributed by atoms with Crippen LogP contribution in [0.5, 0.6) is 0 Å². The topological polar surface area (TPSA) is 30.7 Å². The van der Waals surface area contributed by atoms with E-state index in [-0.39, 0.29) is 0 Å². The molecule has 1 saturated carbocycles. The fourth-order valence-corrected chi connectivity index (χ4v) is 3.06. The molecule has 20 heavy (non-hydrogen) atoms. The number of nitrogens with zero attached hydrogens (tertiary/aromatic N) is 3. The third-order valence-corrected chi connectivity index (χ3v) is 4.37. The molecule has 2 aromatic carbocycles. The van der Waals surface area contributed by atoms with Crippen LogP contribution < -0.4 is 0 Å². The molecule has 0 spiro atoms. The highest BCUT2D eigenvalue weighted by atomic mass is 79.9. The molecule has 1 aromatic heterocycles. The molecule has 1 aliphatic carbocycles. The molecule has 0 aliphatic heterocycles. The van der Waals surface area contributed by atoms with Crippen LogP contribution in [0.3, 0.4) is 0 Å². The van der Waals surface area contributed by atoms with Crippen molar-refractivity contribution in [3.05, 3.63) is 52.0 Å². The van der Waals surface area contributed by atoms with Gasteiger partial charge in [0.05, 0.1) is 5.69 Å². The SMILES string of the molecule is Clc1nnc(C2CC2)n1-c1ccc2cc(Br)ccc2c1. The average molecular weight is 349 g/mol. The standard InChI is InChI=1S/C15H11BrClN3/c16-12-5-3-11-8-13(6-4-10(11)7-12)20-14(9-1-2-9)18-19-15(20)17/h3-9H,1-2H2. The number of fused-ring (bicyclic) bond motifs is 1. The molecule has 0 N–H and O–H groups in total. The molecular weight excluding hydrogens is 338 g/mol. The lowest BCUT2D eigenvalue weighted by atomic mass is 10.1. The van der Waals surface area contributed by atoms with Gasteiger partial charge in [0.25, 0.3) is 0 Å². The molecule has 4 rings (SSSR count). The zero-order chi connectivity index (χ0) is 13.7. The molecule has 100 valence electrons. The van der Waals surface area contributed by atoms with Crippen LogP contribution >= 0.6 is 27.5 Å². The van der Waals surface area contributed by atoms with Crippen molar-refractivity contribution in [3.63, 3.8) is 0 Å². The number of aromatic nitrogens is 3. The Labute approximate surface area is 129 Å². The maximum atomic E-state index is 6.21. The Morgan fingerprint density at radius 2 is 1.80 bits per heavy atom. The van der Waals surface area contributed by atoms with E-state index >= 15 is 0 Å². The summed E-state index contributed by atoms with van der Waals surface area (Å²) in [4.78, 5) is 0. The maximum Gasteiger partial charge on any atom is 0.229 e. The van der Waals surface area contributed by atoms with Crippen LogP contribution in [-0.2, 0) is 0 Å². The van der Waals surface area contributed by atoms with Crippen molar-refractivity contribution in [2.24, 2.45) is 0 Å².